The Balaban J connectivity index is 5.53. The van der Waals surface area contributed by atoms with Crippen LogP contribution in [0.15, 0.2) is 0 Å². The maximum absolute atomic E-state index is 13.6. The van der Waals surface area contributed by atoms with Gasteiger partial charge in [0.25, 0.3) is 0 Å². The number of carbonyl (C=O) groups excluding carboxylic acids is 9. The van der Waals surface area contributed by atoms with Gasteiger partial charge in [-0.3, -0.25) is 33.6 Å². The number of thioether (sulfide) groups is 1. The molecule has 20 heteroatoms. The van der Waals surface area contributed by atoms with Crippen LogP contribution in [-0.2, 0) is 62.0 Å². The Kier molecular flexibility index (Phi) is 46.7. The summed E-state index contributed by atoms with van der Waals surface area (Å²) >= 11 is 1.35. The molecule has 0 spiro atoms. The van der Waals surface area contributed by atoms with E-state index >= 15 is 0 Å². The van der Waals surface area contributed by atoms with Crippen LogP contribution in [0.1, 0.15) is 288 Å². The molecule has 5 N–H and O–H groups in total. The molecule has 0 radical (unpaired) electrons. The largest absolute Gasteiger partial charge is 0.462 e. The summed E-state index contributed by atoms with van der Waals surface area (Å²) < 4.78 is 27.6. The summed E-state index contributed by atoms with van der Waals surface area (Å²) in [6.07, 6.45) is 30.2. The maximum atomic E-state index is 13.6. The second-order valence-electron chi connectivity index (χ2n) is 25.6. The minimum atomic E-state index is -1.22. The van der Waals surface area contributed by atoms with Crippen molar-refractivity contribution in [3.05, 3.63) is 0 Å². The van der Waals surface area contributed by atoms with Gasteiger partial charge >= 0.3 is 30.0 Å². The van der Waals surface area contributed by atoms with Gasteiger partial charge in [0, 0.05) is 43.7 Å². The van der Waals surface area contributed by atoms with Crippen LogP contribution in [0, 0.1) is 0 Å². The van der Waals surface area contributed by atoms with Crippen LogP contribution in [0.3, 0.4) is 0 Å². The molecule has 0 aromatic carbocycles. The number of alkyl carbamates (subject to hydrolysis) is 1. The predicted molar refractivity (Wildman–Crippen MR) is 338 cm³/mol. The number of ether oxygens (including phenoxy) is 5. The van der Waals surface area contributed by atoms with Crippen LogP contribution in [0.5, 0.6) is 0 Å². The van der Waals surface area contributed by atoms with Crippen LogP contribution in [-0.4, -0.2) is 126 Å². The van der Waals surface area contributed by atoms with Gasteiger partial charge in [-0.25, -0.2) is 9.59 Å². The number of nitrogens with one attached hydrogen (secondary N) is 5. The first-order chi connectivity index (χ1) is 40.2. The van der Waals surface area contributed by atoms with Gasteiger partial charge in [-0.15, -0.1) is 0 Å². The van der Waals surface area contributed by atoms with Gasteiger partial charge in [-0.05, 0) is 94.4 Å². The molecule has 0 aliphatic heterocycles. The van der Waals surface area contributed by atoms with Crippen LogP contribution in [0.4, 0.5) is 4.79 Å². The lowest BCUT2D eigenvalue weighted by atomic mass is 10.0. The van der Waals surface area contributed by atoms with Gasteiger partial charge < -0.3 is 50.3 Å². The molecular weight excluding hydrogens is 1110 g/mol. The molecule has 19 nitrogen and oxygen atoms in total. The molecule has 0 saturated carbocycles. The Morgan fingerprint density at radius 1 is 0.412 bits per heavy atom. The monoisotopic (exact) mass is 1230 g/mol. The average molecular weight is 1230 g/mol. The summed E-state index contributed by atoms with van der Waals surface area (Å²) in [5.41, 5.74) is -2.38. The topological polar surface area (TPSA) is 260 Å². The van der Waals surface area contributed by atoms with Gasteiger partial charge in [-0.1, -0.05) is 168 Å². The quantitative estimate of drug-likeness (QED) is 0.0215. The van der Waals surface area contributed by atoms with Crippen molar-refractivity contribution in [2.75, 3.05) is 37.7 Å². The molecule has 494 valence electrons. The molecular formula is C65H119N5O14S. The Bertz CT molecular complexity index is 1870. The van der Waals surface area contributed by atoms with Gasteiger partial charge in [-0.2, -0.15) is 11.8 Å². The normalized spacial score (nSPS) is 12.7. The Hall–Kier alpha value is -4.62. The van der Waals surface area contributed by atoms with Crippen molar-refractivity contribution in [1.82, 2.24) is 26.6 Å². The van der Waals surface area contributed by atoms with E-state index in [2.05, 4.69) is 40.4 Å². The zero-order chi connectivity index (χ0) is 63.8. The number of rotatable bonds is 51. The van der Waals surface area contributed by atoms with Crippen molar-refractivity contribution in [3.8, 4) is 0 Å². The molecule has 1 unspecified atom stereocenters. The first kappa shape index (κ1) is 80.4. The molecule has 3 atom stereocenters. The summed E-state index contributed by atoms with van der Waals surface area (Å²) in [6, 6.07) is -2.35. The zero-order valence-electron chi connectivity index (χ0n) is 54.9. The van der Waals surface area contributed by atoms with E-state index in [4.69, 9.17) is 23.7 Å². The fourth-order valence-electron chi connectivity index (χ4n) is 8.97. The maximum Gasteiger partial charge on any atom is 0.407 e. The average Bonchev–Trinajstić information content (AvgIpc) is 3.43. The third-order valence-electron chi connectivity index (χ3n) is 13.4. The minimum Gasteiger partial charge on any atom is -0.462 e. The molecule has 0 fully saturated rings. The van der Waals surface area contributed by atoms with Crippen molar-refractivity contribution in [3.63, 3.8) is 0 Å². The lowest BCUT2D eigenvalue weighted by Crippen LogP contribution is -2.51. The van der Waals surface area contributed by atoms with Gasteiger partial charge in [0.2, 0.25) is 23.6 Å². The number of unbranched alkanes of at least 4 members (excludes halogenated alkanes) is 24. The van der Waals surface area contributed by atoms with Crippen LogP contribution >= 0.6 is 11.8 Å². The number of carbonyl (C=O) groups is 9. The second-order valence-corrected chi connectivity index (χ2v) is 26.7. The third kappa shape index (κ3) is 53.4. The molecule has 0 aromatic rings. The van der Waals surface area contributed by atoms with Gasteiger partial charge in [0.15, 0.2) is 0 Å². The minimum absolute atomic E-state index is 0.0271. The first-order valence-electron chi connectivity index (χ1n) is 32.7. The predicted octanol–water partition coefficient (Wildman–Crippen LogP) is 12.5. The van der Waals surface area contributed by atoms with Crippen molar-refractivity contribution < 1.29 is 66.8 Å². The Morgan fingerprint density at radius 2 is 0.859 bits per heavy atom. The van der Waals surface area contributed by atoms with E-state index in [1.807, 2.05) is 0 Å². The number of esters is 4. The molecule has 0 heterocycles. The smallest absolute Gasteiger partial charge is 0.407 e. The van der Waals surface area contributed by atoms with Crippen molar-refractivity contribution >= 4 is 65.4 Å². The van der Waals surface area contributed by atoms with Crippen molar-refractivity contribution in [1.29, 1.82) is 0 Å². The van der Waals surface area contributed by atoms with E-state index in [9.17, 15) is 43.2 Å². The van der Waals surface area contributed by atoms with E-state index in [1.54, 1.807) is 62.3 Å². The van der Waals surface area contributed by atoms with Crippen LogP contribution in [0.2, 0.25) is 0 Å². The van der Waals surface area contributed by atoms with Crippen LogP contribution < -0.4 is 26.6 Å². The molecule has 5 amide bonds. The van der Waals surface area contributed by atoms with E-state index in [0.717, 1.165) is 44.9 Å². The molecule has 0 saturated heterocycles. The molecule has 0 rings (SSSR count). The van der Waals surface area contributed by atoms with Crippen molar-refractivity contribution in [2.24, 2.45) is 0 Å². The SMILES string of the molecule is CCCCCCCCCCCCCCCC(=O)OCC(CSCCC(=O)N[C@@H](CCCNC(=O)OC(C)(C)C)C(=O)NCC(=O)NCC(=O)N[C@@H](CCC(=O)OC(C)(C)C)C(=O)OC(C)(C)C)OC(=O)CCCCCCCCCCCCCCC. The lowest BCUT2D eigenvalue weighted by molar-refractivity contribution is -0.160. The van der Waals surface area contributed by atoms with Gasteiger partial charge in [0.1, 0.15) is 41.6 Å². The Labute approximate surface area is 517 Å². The highest BCUT2D eigenvalue weighted by Crippen LogP contribution is 2.18. The summed E-state index contributed by atoms with van der Waals surface area (Å²) in [7, 11) is 0. The lowest BCUT2D eigenvalue weighted by Gasteiger charge is -2.25. The summed E-state index contributed by atoms with van der Waals surface area (Å²) in [5.74, 6) is -4.16. The fraction of sp³-hybridized carbons (Fsp3) is 0.862. The molecule has 0 bridgehead atoms. The van der Waals surface area contributed by atoms with Crippen LogP contribution in [0.25, 0.3) is 0 Å². The van der Waals surface area contributed by atoms with E-state index in [-0.39, 0.29) is 81.5 Å². The number of amides is 5. The highest BCUT2D eigenvalue weighted by Gasteiger charge is 2.29. The second kappa shape index (κ2) is 49.4. The third-order valence-corrected chi connectivity index (χ3v) is 14.5. The van der Waals surface area contributed by atoms with E-state index in [0.29, 0.717) is 6.42 Å². The molecule has 85 heavy (non-hydrogen) atoms. The summed E-state index contributed by atoms with van der Waals surface area (Å²) in [5, 5.41) is 12.8. The van der Waals surface area contributed by atoms with Crippen molar-refractivity contribution in [2.45, 2.75) is 323 Å². The molecule has 0 aliphatic carbocycles. The highest BCUT2D eigenvalue weighted by molar-refractivity contribution is 7.99. The van der Waals surface area contributed by atoms with E-state index < -0.39 is 89.7 Å². The van der Waals surface area contributed by atoms with E-state index in [1.165, 1.54) is 127 Å². The first-order valence-corrected chi connectivity index (χ1v) is 33.9. The Morgan fingerprint density at radius 3 is 1.34 bits per heavy atom. The summed E-state index contributed by atoms with van der Waals surface area (Å²) in [6.45, 7) is 18.6. The number of hydrogen-bond acceptors (Lipinski definition) is 15. The van der Waals surface area contributed by atoms with Gasteiger partial charge in [0.05, 0.1) is 13.1 Å². The molecule has 0 aromatic heterocycles. The standard InChI is InChI=1S/C65H119N5O14S/c1-12-14-16-18-20-22-24-26-28-30-32-34-36-40-57(74)80-49-51(81-58(75)41-37-35-33-31-29-27-25-23-21-19-17-15-13-2)50-85-46-44-54(71)69-52(39-38-45-66-62(79)84-65(9,10)11)60(77)68-47-55(72)67-48-56(73)70-53(61(78)83-64(6,7)8)42-43-59(76)82-63(3,4)5/h51-53H,12-50H2,1-11H3,(H,66,79)(H,67,72)(H,68,77)(H,69,71)(H,70,73)/t51?,52-,53-/m0/s1. The summed E-state index contributed by atoms with van der Waals surface area (Å²) in [4.78, 5) is 116. The molecule has 0 aliphatic rings. The fourth-order valence-corrected chi connectivity index (χ4v) is 9.90. The highest BCUT2D eigenvalue weighted by atomic mass is 32.2. The number of hydrogen-bond donors (Lipinski definition) is 5. The zero-order valence-corrected chi connectivity index (χ0v) is 55.7.